The van der Waals surface area contributed by atoms with Crippen molar-refractivity contribution in [1.29, 1.82) is 0 Å². The first-order valence-electron chi connectivity index (χ1n) is 13.3. The molecule has 3 aromatic carbocycles. The minimum absolute atomic E-state index is 0. The molecule has 4 amide bonds. The van der Waals surface area contributed by atoms with Gasteiger partial charge >= 0.3 is 6.03 Å². The molecule has 0 aromatic heterocycles. The second-order valence-corrected chi connectivity index (χ2v) is 9.29. The van der Waals surface area contributed by atoms with Gasteiger partial charge in [0.05, 0.1) is 12.3 Å². The van der Waals surface area contributed by atoms with Gasteiger partial charge in [-0.25, -0.2) is 9.69 Å². The van der Waals surface area contributed by atoms with Crippen molar-refractivity contribution in [3.05, 3.63) is 89.6 Å². The largest absolute Gasteiger partial charge is 0.494 e. The Kier molecular flexibility index (Phi) is 10.9. The third kappa shape index (κ3) is 7.65. The lowest BCUT2D eigenvalue weighted by Crippen LogP contribution is -2.31. The lowest BCUT2D eigenvalue weighted by Gasteiger charge is -2.18. The van der Waals surface area contributed by atoms with Gasteiger partial charge in [0.15, 0.2) is 0 Å². The Morgan fingerprint density at radius 3 is 2.00 bits per heavy atom. The van der Waals surface area contributed by atoms with Gasteiger partial charge in [-0.3, -0.25) is 14.5 Å². The fourth-order valence-electron chi connectivity index (χ4n) is 4.31. The molecule has 0 saturated carbocycles. The standard InChI is InChI=1S/C31H34N4O5.ClH/c1-4-34(5-2)19-6-20-39-25-17-11-24(12-18-25)35-30(37)28(33(3)31(35)38)21-22-7-13-26(14-8-22)40-27-15-9-23(10-16-27)29(32)36;/h7-18,21H,4-6,19-20H2,1-3H3,(H2,32,36);1H. The van der Waals surface area contributed by atoms with Gasteiger partial charge in [-0.15, -0.1) is 12.4 Å². The highest BCUT2D eigenvalue weighted by molar-refractivity contribution is 6.28. The summed E-state index contributed by atoms with van der Waals surface area (Å²) in [5, 5.41) is 0. The monoisotopic (exact) mass is 578 g/mol. The Balaban J connectivity index is 0.00000462. The summed E-state index contributed by atoms with van der Waals surface area (Å²) in [4.78, 5) is 42.3. The molecule has 1 aliphatic heterocycles. The van der Waals surface area contributed by atoms with Crippen LogP contribution in [0.2, 0.25) is 0 Å². The molecule has 10 heteroatoms. The first-order chi connectivity index (χ1) is 19.3. The van der Waals surface area contributed by atoms with E-state index in [9.17, 15) is 14.4 Å². The van der Waals surface area contributed by atoms with Gasteiger partial charge < -0.3 is 20.1 Å². The number of halogens is 1. The molecule has 0 atom stereocenters. The summed E-state index contributed by atoms with van der Waals surface area (Å²) in [5.41, 5.74) is 7.14. The molecule has 1 heterocycles. The van der Waals surface area contributed by atoms with Crippen LogP contribution in [0, 0.1) is 0 Å². The molecule has 1 aliphatic rings. The highest BCUT2D eigenvalue weighted by atomic mass is 35.5. The number of carbonyl (C=O) groups excluding carboxylic acids is 3. The fraction of sp³-hybridized carbons (Fsp3) is 0.258. The second kappa shape index (κ2) is 14.3. The van der Waals surface area contributed by atoms with Crippen molar-refractivity contribution in [2.45, 2.75) is 20.3 Å². The van der Waals surface area contributed by atoms with Crippen LogP contribution in [0.4, 0.5) is 10.5 Å². The van der Waals surface area contributed by atoms with E-state index in [-0.39, 0.29) is 18.1 Å². The van der Waals surface area contributed by atoms with Crippen LogP contribution < -0.4 is 20.1 Å². The highest BCUT2D eigenvalue weighted by Gasteiger charge is 2.39. The lowest BCUT2D eigenvalue weighted by molar-refractivity contribution is -0.114. The molecule has 41 heavy (non-hydrogen) atoms. The van der Waals surface area contributed by atoms with Crippen molar-refractivity contribution >= 4 is 42.0 Å². The molecular formula is C31H35ClN4O5. The van der Waals surface area contributed by atoms with Crippen LogP contribution in [0.5, 0.6) is 17.2 Å². The first-order valence-corrected chi connectivity index (χ1v) is 13.3. The molecular weight excluding hydrogens is 544 g/mol. The maximum Gasteiger partial charge on any atom is 0.336 e. The molecule has 2 N–H and O–H groups in total. The molecule has 4 rings (SSSR count). The Bertz CT molecular complexity index is 1370. The van der Waals surface area contributed by atoms with Crippen LogP contribution in [0.1, 0.15) is 36.2 Å². The van der Waals surface area contributed by atoms with E-state index in [0.717, 1.165) is 36.5 Å². The molecule has 216 valence electrons. The lowest BCUT2D eigenvalue weighted by atomic mass is 10.1. The molecule has 0 radical (unpaired) electrons. The summed E-state index contributed by atoms with van der Waals surface area (Å²) < 4.78 is 11.6. The first kappa shape index (κ1) is 31.2. The highest BCUT2D eigenvalue weighted by Crippen LogP contribution is 2.30. The number of primary amides is 1. The van der Waals surface area contributed by atoms with E-state index in [2.05, 4.69) is 18.7 Å². The Hall–Kier alpha value is -4.34. The van der Waals surface area contributed by atoms with Gasteiger partial charge in [-0.2, -0.15) is 0 Å². The van der Waals surface area contributed by atoms with Crippen molar-refractivity contribution < 1.29 is 23.9 Å². The van der Waals surface area contributed by atoms with E-state index in [1.165, 1.54) is 4.90 Å². The predicted molar refractivity (Wildman–Crippen MR) is 162 cm³/mol. The fourth-order valence-corrected chi connectivity index (χ4v) is 4.31. The van der Waals surface area contributed by atoms with Crippen LogP contribution >= 0.6 is 12.4 Å². The van der Waals surface area contributed by atoms with Gasteiger partial charge in [-0.1, -0.05) is 26.0 Å². The van der Waals surface area contributed by atoms with E-state index in [1.807, 2.05) is 0 Å². The molecule has 3 aromatic rings. The molecule has 1 fully saturated rings. The van der Waals surface area contributed by atoms with Crippen molar-refractivity contribution in [2.75, 3.05) is 38.2 Å². The van der Waals surface area contributed by atoms with Gasteiger partial charge in [0.1, 0.15) is 22.9 Å². The minimum atomic E-state index is -0.504. The zero-order chi connectivity index (χ0) is 28.6. The quantitative estimate of drug-likeness (QED) is 0.172. The molecule has 0 spiro atoms. The molecule has 9 nitrogen and oxygen atoms in total. The number of urea groups is 1. The average molecular weight is 579 g/mol. The Morgan fingerprint density at radius 2 is 1.44 bits per heavy atom. The second-order valence-electron chi connectivity index (χ2n) is 9.29. The SMILES string of the molecule is CCN(CC)CCCOc1ccc(N2C(=O)C(=Cc3ccc(Oc4ccc(C(N)=O)cc4)cc3)N(C)C2=O)cc1.Cl. The summed E-state index contributed by atoms with van der Waals surface area (Å²) in [5.74, 6) is 0.912. The number of likely N-dealkylation sites (N-methyl/N-ethyl adjacent to an activating group) is 1. The molecule has 1 saturated heterocycles. The van der Waals surface area contributed by atoms with Crippen molar-refractivity contribution in [1.82, 2.24) is 9.80 Å². The van der Waals surface area contributed by atoms with Gasteiger partial charge in [0, 0.05) is 19.2 Å². The van der Waals surface area contributed by atoms with Crippen LogP contribution in [0.25, 0.3) is 6.08 Å². The van der Waals surface area contributed by atoms with Crippen LogP contribution in [0.15, 0.2) is 78.5 Å². The summed E-state index contributed by atoms with van der Waals surface area (Å²) in [6.07, 6.45) is 2.58. The third-order valence-electron chi connectivity index (χ3n) is 6.70. The smallest absolute Gasteiger partial charge is 0.336 e. The minimum Gasteiger partial charge on any atom is -0.494 e. The number of ether oxygens (including phenoxy) is 2. The summed E-state index contributed by atoms with van der Waals surface area (Å²) >= 11 is 0. The van der Waals surface area contributed by atoms with E-state index < -0.39 is 17.8 Å². The summed E-state index contributed by atoms with van der Waals surface area (Å²) in [6, 6.07) is 20.2. The zero-order valence-corrected chi connectivity index (χ0v) is 24.2. The summed E-state index contributed by atoms with van der Waals surface area (Å²) in [7, 11) is 1.58. The number of rotatable bonds is 12. The summed E-state index contributed by atoms with van der Waals surface area (Å²) in [6.45, 7) is 7.89. The number of nitrogens with zero attached hydrogens (tertiary/aromatic N) is 3. The normalized spacial score (nSPS) is 14.0. The number of hydrogen-bond acceptors (Lipinski definition) is 6. The van der Waals surface area contributed by atoms with Crippen LogP contribution in [-0.4, -0.2) is 60.9 Å². The van der Waals surface area contributed by atoms with Crippen LogP contribution in [-0.2, 0) is 4.79 Å². The topological polar surface area (TPSA) is 105 Å². The predicted octanol–water partition coefficient (Wildman–Crippen LogP) is 5.55. The number of benzene rings is 3. The Labute approximate surface area is 246 Å². The van der Waals surface area contributed by atoms with Crippen molar-refractivity contribution in [3.8, 4) is 17.2 Å². The molecule has 0 aliphatic carbocycles. The molecule has 0 unspecified atom stereocenters. The number of imide groups is 1. The van der Waals surface area contributed by atoms with Gasteiger partial charge in [-0.05, 0) is 91.8 Å². The van der Waals surface area contributed by atoms with E-state index in [1.54, 1.807) is 85.9 Å². The zero-order valence-electron chi connectivity index (χ0n) is 23.4. The van der Waals surface area contributed by atoms with Gasteiger partial charge in [0.2, 0.25) is 5.91 Å². The van der Waals surface area contributed by atoms with Crippen LogP contribution in [0.3, 0.4) is 0 Å². The number of carbonyl (C=O) groups is 3. The van der Waals surface area contributed by atoms with E-state index in [0.29, 0.717) is 35.1 Å². The Morgan fingerprint density at radius 1 is 0.878 bits per heavy atom. The molecule has 0 bridgehead atoms. The van der Waals surface area contributed by atoms with Crippen molar-refractivity contribution in [3.63, 3.8) is 0 Å². The maximum atomic E-state index is 13.2. The van der Waals surface area contributed by atoms with Crippen molar-refractivity contribution in [2.24, 2.45) is 5.73 Å². The third-order valence-corrected chi connectivity index (χ3v) is 6.70. The maximum absolute atomic E-state index is 13.2. The number of anilines is 1. The van der Waals surface area contributed by atoms with E-state index in [4.69, 9.17) is 15.2 Å². The number of nitrogens with two attached hydrogens (primary N) is 1. The number of hydrogen-bond donors (Lipinski definition) is 1. The van der Waals surface area contributed by atoms with Gasteiger partial charge in [0.25, 0.3) is 5.91 Å². The number of amides is 4. The average Bonchev–Trinajstić information content (AvgIpc) is 3.17. The van der Waals surface area contributed by atoms with E-state index >= 15 is 0 Å².